The van der Waals surface area contributed by atoms with Gasteiger partial charge in [0, 0.05) is 26.2 Å². The Kier molecular flexibility index (Phi) is 10.6. The molecule has 0 saturated carbocycles. The molecule has 0 bridgehead atoms. The molecule has 2 rings (SSSR count). The molecule has 1 aliphatic rings. The molecule has 26 heavy (non-hydrogen) atoms. The highest BCUT2D eigenvalue weighted by Gasteiger charge is 2.22. The zero-order chi connectivity index (χ0) is 18.2. The predicted octanol–water partition coefficient (Wildman–Crippen LogP) is 3.28. The van der Waals surface area contributed by atoms with Crippen LogP contribution in [0.25, 0.3) is 0 Å². The third kappa shape index (κ3) is 7.47. The van der Waals surface area contributed by atoms with Crippen molar-refractivity contribution in [3.63, 3.8) is 0 Å². The number of nitrogens with two attached hydrogens (primary N) is 1. The normalized spacial score (nSPS) is 21.7. The van der Waals surface area contributed by atoms with Crippen molar-refractivity contribution in [1.29, 1.82) is 0 Å². The van der Waals surface area contributed by atoms with Crippen molar-refractivity contribution in [3.8, 4) is 0 Å². The van der Waals surface area contributed by atoms with Crippen LogP contribution < -0.4 is 11.1 Å². The number of hydrogen-bond donors (Lipinski definition) is 2. The smallest absolute Gasteiger partial charge is 0.237 e. The number of likely N-dealkylation sites (tertiary alicyclic amines) is 1. The lowest BCUT2D eigenvalue weighted by molar-refractivity contribution is -0.122. The molecule has 0 aromatic heterocycles. The number of benzene rings is 1. The van der Waals surface area contributed by atoms with Crippen LogP contribution in [0.3, 0.4) is 0 Å². The number of hydrogen-bond acceptors (Lipinski definition) is 4. The van der Waals surface area contributed by atoms with Crippen molar-refractivity contribution in [2.75, 3.05) is 25.1 Å². The van der Waals surface area contributed by atoms with E-state index in [0.717, 1.165) is 43.6 Å². The minimum atomic E-state index is -0.414. The SMILES string of the molecule is CSCC[C@H](N)C(=O)NCc1ccccc1CN1CC(C)CC(C)C1.Cl. The first kappa shape index (κ1) is 23.3. The van der Waals surface area contributed by atoms with Crippen LogP contribution in [-0.2, 0) is 17.9 Å². The number of halogens is 1. The maximum Gasteiger partial charge on any atom is 0.237 e. The summed E-state index contributed by atoms with van der Waals surface area (Å²) in [6, 6.07) is 8.00. The van der Waals surface area contributed by atoms with Crippen LogP contribution in [0.5, 0.6) is 0 Å². The maximum atomic E-state index is 12.2. The van der Waals surface area contributed by atoms with E-state index in [-0.39, 0.29) is 18.3 Å². The van der Waals surface area contributed by atoms with Crippen LogP contribution in [-0.4, -0.2) is 41.9 Å². The number of carbonyl (C=O) groups excluding carboxylic acids is 1. The Labute approximate surface area is 169 Å². The van der Waals surface area contributed by atoms with Crippen LogP contribution >= 0.6 is 24.2 Å². The Morgan fingerprint density at radius 3 is 2.50 bits per heavy atom. The zero-order valence-electron chi connectivity index (χ0n) is 16.2. The molecule has 6 heteroatoms. The standard InChI is InChI=1S/C20H33N3OS.ClH/c1-15-10-16(2)13-23(12-15)14-18-7-5-4-6-17(18)11-22-20(24)19(21)8-9-25-3;/h4-7,15-16,19H,8-14,21H2,1-3H3,(H,22,24);1H/t15?,16?,19-;/m0./s1. The van der Waals surface area contributed by atoms with E-state index in [1.165, 1.54) is 17.5 Å². The minimum absolute atomic E-state index is 0. The fourth-order valence-corrected chi connectivity index (χ4v) is 4.23. The molecule has 1 aromatic rings. The highest BCUT2D eigenvalue weighted by atomic mass is 35.5. The Balaban J connectivity index is 0.00000338. The van der Waals surface area contributed by atoms with Gasteiger partial charge in [-0.15, -0.1) is 12.4 Å². The highest BCUT2D eigenvalue weighted by molar-refractivity contribution is 7.98. The van der Waals surface area contributed by atoms with Gasteiger partial charge in [0.2, 0.25) is 5.91 Å². The van der Waals surface area contributed by atoms with Gasteiger partial charge in [-0.1, -0.05) is 38.1 Å². The first-order valence-electron chi connectivity index (χ1n) is 9.31. The molecule has 1 fully saturated rings. The van der Waals surface area contributed by atoms with Gasteiger partial charge in [-0.25, -0.2) is 0 Å². The van der Waals surface area contributed by atoms with Gasteiger partial charge < -0.3 is 11.1 Å². The first-order chi connectivity index (χ1) is 12.0. The molecular weight excluding hydrogens is 366 g/mol. The summed E-state index contributed by atoms with van der Waals surface area (Å²) in [5, 5.41) is 3.01. The van der Waals surface area contributed by atoms with Gasteiger partial charge in [0.05, 0.1) is 6.04 Å². The number of carbonyl (C=O) groups is 1. The molecule has 1 amide bonds. The lowest BCUT2D eigenvalue weighted by Crippen LogP contribution is -2.41. The zero-order valence-corrected chi connectivity index (χ0v) is 17.9. The van der Waals surface area contributed by atoms with Gasteiger partial charge in [0.15, 0.2) is 0 Å². The molecule has 0 spiro atoms. The van der Waals surface area contributed by atoms with Crippen molar-refractivity contribution >= 4 is 30.1 Å². The van der Waals surface area contributed by atoms with Crippen LogP contribution in [0.15, 0.2) is 24.3 Å². The van der Waals surface area contributed by atoms with Gasteiger partial charge in [0.25, 0.3) is 0 Å². The van der Waals surface area contributed by atoms with Crippen molar-refractivity contribution in [2.45, 2.75) is 45.8 Å². The van der Waals surface area contributed by atoms with E-state index in [9.17, 15) is 4.79 Å². The van der Waals surface area contributed by atoms with Crippen molar-refractivity contribution in [3.05, 3.63) is 35.4 Å². The van der Waals surface area contributed by atoms with Gasteiger partial charge in [-0.05, 0) is 47.8 Å². The van der Waals surface area contributed by atoms with E-state index < -0.39 is 6.04 Å². The minimum Gasteiger partial charge on any atom is -0.351 e. The van der Waals surface area contributed by atoms with Gasteiger partial charge >= 0.3 is 0 Å². The van der Waals surface area contributed by atoms with E-state index >= 15 is 0 Å². The summed E-state index contributed by atoms with van der Waals surface area (Å²) in [6.07, 6.45) is 4.07. The summed E-state index contributed by atoms with van der Waals surface area (Å²) in [7, 11) is 0. The topological polar surface area (TPSA) is 58.4 Å². The molecule has 3 N–H and O–H groups in total. The third-order valence-electron chi connectivity index (χ3n) is 4.88. The highest BCUT2D eigenvalue weighted by Crippen LogP contribution is 2.23. The molecule has 148 valence electrons. The van der Waals surface area contributed by atoms with E-state index in [1.807, 2.05) is 12.3 Å². The summed E-state index contributed by atoms with van der Waals surface area (Å²) >= 11 is 1.72. The predicted molar refractivity (Wildman–Crippen MR) is 115 cm³/mol. The van der Waals surface area contributed by atoms with Crippen LogP contribution in [0.1, 0.15) is 37.8 Å². The molecular formula is C20H34ClN3OS. The molecule has 2 unspecified atom stereocenters. The number of rotatable bonds is 8. The second-order valence-corrected chi connectivity index (χ2v) is 8.50. The summed E-state index contributed by atoms with van der Waals surface area (Å²) in [5.41, 5.74) is 8.45. The van der Waals surface area contributed by atoms with Gasteiger partial charge in [-0.3, -0.25) is 9.69 Å². The molecule has 3 atom stereocenters. The van der Waals surface area contributed by atoms with Crippen molar-refractivity contribution in [2.24, 2.45) is 17.6 Å². The Morgan fingerprint density at radius 1 is 1.27 bits per heavy atom. The number of nitrogens with zero attached hydrogens (tertiary/aromatic N) is 1. The second kappa shape index (κ2) is 11.9. The lowest BCUT2D eigenvalue weighted by Gasteiger charge is -2.35. The molecule has 1 saturated heterocycles. The monoisotopic (exact) mass is 399 g/mol. The van der Waals surface area contributed by atoms with Gasteiger partial charge in [0.1, 0.15) is 0 Å². The number of piperidine rings is 1. The average Bonchev–Trinajstić information content (AvgIpc) is 2.57. The van der Waals surface area contributed by atoms with E-state index in [2.05, 4.69) is 42.3 Å². The van der Waals surface area contributed by atoms with Crippen LogP contribution in [0.2, 0.25) is 0 Å². The molecule has 1 aromatic carbocycles. The second-order valence-electron chi connectivity index (χ2n) is 7.51. The molecule has 4 nitrogen and oxygen atoms in total. The summed E-state index contributed by atoms with van der Waals surface area (Å²) in [4.78, 5) is 14.7. The lowest BCUT2D eigenvalue weighted by atomic mass is 9.91. The first-order valence-corrected chi connectivity index (χ1v) is 10.7. The molecule has 0 aliphatic carbocycles. The molecule has 0 radical (unpaired) electrons. The Bertz CT molecular complexity index is 548. The van der Waals surface area contributed by atoms with Crippen molar-refractivity contribution in [1.82, 2.24) is 10.2 Å². The maximum absolute atomic E-state index is 12.2. The number of nitrogens with one attached hydrogen (secondary N) is 1. The Hall–Kier alpha value is -0.750. The quantitative estimate of drug-likeness (QED) is 0.704. The van der Waals surface area contributed by atoms with Crippen LogP contribution in [0.4, 0.5) is 0 Å². The molecule has 1 aliphatic heterocycles. The fourth-order valence-electron chi connectivity index (χ4n) is 3.74. The van der Waals surface area contributed by atoms with E-state index in [4.69, 9.17) is 5.73 Å². The summed E-state index contributed by atoms with van der Waals surface area (Å²) in [5.74, 6) is 2.37. The Morgan fingerprint density at radius 2 is 1.88 bits per heavy atom. The van der Waals surface area contributed by atoms with Crippen LogP contribution in [0, 0.1) is 11.8 Å². The van der Waals surface area contributed by atoms with E-state index in [1.54, 1.807) is 11.8 Å². The third-order valence-corrected chi connectivity index (χ3v) is 5.52. The largest absolute Gasteiger partial charge is 0.351 e. The fraction of sp³-hybridized carbons (Fsp3) is 0.650. The molecule has 1 heterocycles. The number of thioether (sulfide) groups is 1. The van der Waals surface area contributed by atoms with E-state index in [0.29, 0.717) is 6.54 Å². The average molecular weight is 400 g/mol. The number of amides is 1. The summed E-state index contributed by atoms with van der Waals surface area (Å²) < 4.78 is 0. The summed E-state index contributed by atoms with van der Waals surface area (Å²) in [6.45, 7) is 8.50. The van der Waals surface area contributed by atoms with Gasteiger partial charge in [-0.2, -0.15) is 11.8 Å². The van der Waals surface area contributed by atoms with Crippen molar-refractivity contribution < 1.29 is 4.79 Å².